The number of carbonyl (C=O) groups excluding carboxylic acids is 2. The van der Waals surface area contributed by atoms with E-state index in [9.17, 15) is 9.59 Å². The number of para-hydroxylation sites is 1. The van der Waals surface area contributed by atoms with Crippen LogP contribution in [-0.4, -0.2) is 18.9 Å². The molecule has 28 heavy (non-hydrogen) atoms. The molecule has 1 aliphatic rings. The fraction of sp³-hybridized carbons (Fsp3) is 0.182. The molecule has 0 radical (unpaired) electrons. The smallest absolute Gasteiger partial charge is 0.266 e. The summed E-state index contributed by atoms with van der Waals surface area (Å²) in [5.41, 5.74) is 3.66. The quantitative estimate of drug-likeness (QED) is 0.671. The summed E-state index contributed by atoms with van der Waals surface area (Å²) in [6.45, 7) is 1.94. The number of ether oxygens (including phenoxy) is 1. The minimum atomic E-state index is -0.165. The van der Waals surface area contributed by atoms with Gasteiger partial charge in [-0.25, -0.2) is 0 Å². The molecule has 0 spiro atoms. The van der Waals surface area contributed by atoms with Gasteiger partial charge in [-0.3, -0.25) is 9.59 Å². The van der Waals surface area contributed by atoms with Crippen molar-refractivity contribution in [2.24, 2.45) is 0 Å². The zero-order chi connectivity index (χ0) is 19.7. The van der Waals surface area contributed by atoms with Gasteiger partial charge in [-0.15, -0.1) is 11.3 Å². The van der Waals surface area contributed by atoms with Crippen LogP contribution in [0.25, 0.3) is 0 Å². The summed E-state index contributed by atoms with van der Waals surface area (Å²) >= 11 is 1.33. The Morgan fingerprint density at radius 1 is 1.18 bits per heavy atom. The van der Waals surface area contributed by atoms with Crippen molar-refractivity contribution >= 4 is 33.8 Å². The first-order valence-corrected chi connectivity index (χ1v) is 9.82. The van der Waals surface area contributed by atoms with Crippen LogP contribution in [-0.2, 0) is 4.79 Å². The average molecular weight is 392 g/mol. The number of rotatable bonds is 4. The molecule has 0 saturated carbocycles. The third-order valence-electron chi connectivity index (χ3n) is 4.92. The number of methoxy groups -OCH3 is 1. The number of nitrogens with one attached hydrogen (secondary N) is 2. The van der Waals surface area contributed by atoms with Gasteiger partial charge in [0.1, 0.15) is 5.75 Å². The van der Waals surface area contributed by atoms with Crippen LogP contribution in [0.15, 0.2) is 54.6 Å². The van der Waals surface area contributed by atoms with Crippen molar-refractivity contribution in [3.05, 3.63) is 76.2 Å². The topological polar surface area (TPSA) is 67.4 Å². The normalized spacial score (nSPS) is 15.5. The van der Waals surface area contributed by atoms with Gasteiger partial charge < -0.3 is 15.4 Å². The molecule has 0 bridgehead atoms. The standard InChI is InChI=1S/C22H20N2O3S/c1-13-19-17(14-7-6-10-16(11-14)27-2)12-18(25)24-22(19)28-20(13)21(26)23-15-8-4-3-5-9-15/h3-11,17H,12H2,1-2H3,(H,23,26)(H,24,25)/t17-/m0/s1. The molecule has 142 valence electrons. The summed E-state index contributed by atoms with van der Waals surface area (Å²) < 4.78 is 5.34. The Balaban J connectivity index is 1.72. The number of hydrogen-bond acceptors (Lipinski definition) is 4. The molecular weight excluding hydrogens is 372 g/mol. The third kappa shape index (κ3) is 3.39. The first-order chi connectivity index (χ1) is 13.6. The van der Waals surface area contributed by atoms with Crippen molar-refractivity contribution in [1.29, 1.82) is 0 Å². The summed E-state index contributed by atoms with van der Waals surface area (Å²) in [4.78, 5) is 25.8. The van der Waals surface area contributed by atoms with Gasteiger partial charge in [-0.2, -0.15) is 0 Å². The van der Waals surface area contributed by atoms with E-state index in [1.165, 1.54) is 11.3 Å². The Kier molecular flexibility index (Phi) is 4.88. The first-order valence-electron chi connectivity index (χ1n) is 9.00. The highest BCUT2D eigenvalue weighted by Crippen LogP contribution is 2.45. The van der Waals surface area contributed by atoms with Crippen LogP contribution in [0.1, 0.15) is 38.7 Å². The summed E-state index contributed by atoms with van der Waals surface area (Å²) in [5, 5.41) is 6.62. The second-order valence-corrected chi connectivity index (χ2v) is 7.72. The first kappa shape index (κ1) is 18.3. The molecule has 2 aromatic carbocycles. The van der Waals surface area contributed by atoms with Gasteiger partial charge in [-0.1, -0.05) is 30.3 Å². The van der Waals surface area contributed by atoms with Crippen LogP contribution in [0, 0.1) is 6.92 Å². The van der Waals surface area contributed by atoms with Crippen molar-refractivity contribution in [1.82, 2.24) is 0 Å². The van der Waals surface area contributed by atoms with Crippen LogP contribution in [0.2, 0.25) is 0 Å². The van der Waals surface area contributed by atoms with Crippen molar-refractivity contribution in [2.75, 3.05) is 17.7 Å². The average Bonchev–Trinajstić information content (AvgIpc) is 3.04. The van der Waals surface area contributed by atoms with Crippen LogP contribution in [0.4, 0.5) is 10.7 Å². The van der Waals surface area contributed by atoms with Gasteiger partial charge in [0, 0.05) is 18.0 Å². The van der Waals surface area contributed by atoms with Gasteiger partial charge >= 0.3 is 0 Å². The predicted molar refractivity (Wildman–Crippen MR) is 112 cm³/mol. The monoisotopic (exact) mass is 392 g/mol. The highest BCUT2D eigenvalue weighted by molar-refractivity contribution is 7.18. The van der Waals surface area contributed by atoms with Crippen molar-refractivity contribution in [3.8, 4) is 5.75 Å². The molecule has 2 heterocycles. The molecule has 3 aromatic rings. The molecule has 0 fully saturated rings. The third-order valence-corrected chi connectivity index (χ3v) is 6.14. The van der Waals surface area contributed by atoms with Gasteiger partial charge in [-0.05, 0) is 47.9 Å². The summed E-state index contributed by atoms with van der Waals surface area (Å²) in [6.07, 6.45) is 0.345. The second kappa shape index (κ2) is 7.48. The number of fused-ring (bicyclic) bond motifs is 1. The SMILES string of the molecule is COc1cccc([C@@H]2CC(=O)Nc3sc(C(=O)Nc4ccccc4)c(C)c32)c1. The van der Waals surface area contributed by atoms with E-state index in [1.807, 2.05) is 61.5 Å². The Bertz CT molecular complexity index is 1040. The maximum Gasteiger partial charge on any atom is 0.266 e. The largest absolute Gasteiger partial charge is 0.497 e. The number of hydrogen-bond donors (Lipinski definition) is 2. The molecule has 6 heteroatoms. The molecule has 0 saturated heterocycles. The van der Waals surface area contributed by atoms with E-state index in [1.54, 1.807) is 7.11 Å². The lowest BCUT2D eigenvalue weighted by molar-refractivity contribution is -0.116. The molecule has 2 N–H and O–H groups in total. The Morgan fingerprint density at radius 3 is 2.71 bits per heavy atom. The van der Waals surface area contributed by atoms with Crippen molar-refractivity contribution < 1.29 is 14.3 Å². The van der Waals surface area contributed by atoms with Crippen molar-refractivity contribution in [2.45, 2.75) is 19.3 Å². The number of benzene rings is 2. The van der Waals surface area contributed by atoms with E-state index in [-0.39, 0.29) is 17.7 Å². The van der Waals surface area contributed by atoms with Gasteiger partial charge in [0.15, 0.2) is 0 Å². The molecule has 4 rings (SSSR count). The molecule has 1 aliphatic heterocycles. The predicted octanol–water partition coefficient (Wildman–Crippen LogP) is 4.79. The molecule has 5 nitrogen and oxygen atoms in total. The highest BCUT2D eigenvalue weighted by Gasteiger charge is 2.33. The lowest BCUT2D eigenvalue weighted by Gasteiger charge is -2.24. The number of thiophene rings is 1. The zero-order valence-electron chi connectivity index (χ0n) is 15.6. The summed E-state index contributed by atoms with van der Waals surface area (Å²) in [5.74, 6) is 0.437. The second-order valence-electron chi connectivity index (χ2n) is 6.70. The van der Waals surface area contributed by atoms with E-state index >= 15 is 0 Å². The minimum Gasteiger partial charge on any atom is -0.497 e. The fourth-order valence-electron chi connectivity index (χ4n) is 3.57. The van der Waals surface area contributed by atoms with Gasteiger partial charge in [0.05, 0.1) is 17.0 Å². The summed E-state index contributed by atoms with van der Waals surface area (Å²) in [7, 11) is 1.62. The van der Waals surface area contributed by atoms with Crippen LogP contribution < -0.4 is 15.4 Å². The van der Waals surface area contributed by atoms with E-state index in [2.05, 4.69) is 10.6 Å². The molecule has 0 aliphatic carbocycles. The minimum absolute atomic E-state index is 0.0448. The van der Waals surface area contributed by atoms with E-state index in [4.69, 9.17) is 4.74 Å². The van der Waals surface area contributed by atoms with E-state index < -0.39 is 0 Å². The molecule has 2 amide bonds. The Labute approximate surface area is 167 Å². The van der Waals surface area contributed by atoms with Crippen LogP contribution in [0.5, 0.6) is 5.75 Å². The number of amides is 2. The molecular formula is C22H20N2O3S. The molecule has 0 unspecified atom stereocenters. The van der Waals surface area contributed by atoms with Crippen LogP contribution >= 0.6 is 11.3 Å². The molecule has 1 atom stereocenters. The number of carbonyl (C=O) groups is 2. The fourth-order valence-corrected chi connectivity index (χ4v) is 4.75. The zero-order valence-corrected chi connectivity index (χ0v) is 16.4. The molecule has 1 aromatic heterocycles. The van der Waals surface area contributed by atoms with Gasteiger partial charge in [0.2, 0.25) is 5.91 Å². The Hall–Kier alpha value is -3.12. The Morgan fingerprint density at radius 2 is 1.96 bits per heavy atom. The summed E-state index contributed by atoms with van der Waals surface area (Å²) in [6, 6.07) is 17.1. The van der Waals surface area contributed by atoms with E-state index in [0.29, 0.717) is 11.3 Å². The lowest BCUT2D eigenvalue weighted by atomic mass is 9.85. The van der Waals surface area contributed by atoms with Crippen LogP contribution in [0.3, 0.4) is 0 Å². The maximum absolute atomic E-state index is 12.8. The highest BCUT2D eigenvalue weighted by atomic mass is 32.1. The van der Waals surface area contributed by atoms with E-state index in [0.717, 1.165) is 33.1 Å². The maximum atomic E-state index is 12.8. The lowest BCUT2D eigenvalue weighted by Crippen LogP contribution is -2.22. The van der Waals surface area contributed by atoms with Gasteiger partial charge in [0.25, 0.3) is 5.91 Å². The van der Waals surface area contributed by atoms with Crippen molar-refractivity contribution in [3.63, 3.8) is 0 Å². The number of anilines is 2.